The van der Waals surface area contributed by atoms with E-state index in [1.54, 1.807) is 24.3 Å². The number of benzene rings is 2. The topological polar surface area (TPSA) is 52.9 Å². The van der Waals surface area contributed by atoms with Gasteiger partial charge in [0.05, 0.1) is 0 Å². The fourth-order valence-electron chi connectivity index (χ4n) is 1.93. The van der Waals surface area contributed by atoms with Gasteiger partial charge in [-0.3, -0.25) is 4.79 Å². The molecule has 22 heavy (non-hydrogen) atoms. The number of hydrogen-bond donors (Lipinski definition) is 1. The van der Waals surface area contributed by atoms with Gasteiger partial charge in [0.2, 0.25) is 0 Å². The van der Waals surface area contributed by atoms with Gasteiger partial charge >= 0.3 is 0 Å². The maximum atomic E-state index is 12.2. The first kappa shape index (κ1) is 15.8. The van der Waals surface area contributed by atoms with E-state index in [2.05, 4.69) is 5.32 Å². The predicted octanol–water partition coefficient (Wildman–Crippen LogP) is 4.50. The zero-order chi connectivity index (χ0) is 16.1. The van der Waals surface area contributed by atoms with Crippen molar-refractivity contribution < 1.29 is 4.79 Å². The number of carbonyl (C=O) groups excluding carboxylic acids is 1. The Balaban J connectivity index is 2.22. The first-order valence-corrected chi connectivity index (χ1v) is 7.13. The number of nitrogens with one attached hydrogen (secondary N) is 1. The highest BCUT2D eigenvalue weighted by atomic mass is 35.5. The lowest BCUT2D eigenvalue weighted by molar-refractivity contribution is -0.112. The van der Waals surface area contributed by atoms with Crippen LogP contribution in [0.3, 0.4) is 0 Å². The van der Waals surface area contributed by atoms with Gasteiger partial charge in [0.1, 0.15) is 11.6 Å². The van der Waals surface area contributed by atoms with E-state index in [0.29, 0.717) is 10.7 Å². The van der Waals surface area contributed by atoms with E-state index in [1.807, 2.05) is 44.2 Å². The summed E-state index contributed by atoms with van der Waals surface area (Å²) in [4.78, 5) is 12.2. The van der Waals surface area contributed by atoms with Crippen LogP contribution < -0.4 is 5.32 Å². The van der Waals surface area contributed by atoms with E-state index in [1.165, 1.54) is 0 Å². The Kier molecular flexibility index (Phi) is 4.98. The molecule has 0 radical (unpaired) electrons. The Hall–Kier alpha value is -2.57. The summed E-state index contributed by atoms with van der Waals surface area (Å²) in [6.45, 7) is 3.83. The SMILES string of the molecule is Cc1ccc(/C=C(\C#N)C(=O)Nc2ccc(Cl)cc2C)cc1. The molecule has 0 aliphatic rings. The van der Waals surface area contributed by atoms with Gasteiger partial charge in [0.15, 0.2) is 0 Å². The molecule has 3 nitrogen and oxygen atoms in total. The van der Waals surface area contributed by atoms with Crippen LogP contribution in [-0.2, 0) is 4.79 Å². The number of rotatable bonds is 3. The van der Waals surface area contributed by atoms with Crippen LogP contribution in [-0.4, -0.2) is 5.91 Å². The lowest BCUT2D eigenvalue weighted by Crippen LogP contribution is -2.14. The quantitative estimate of drug-likeness (QED) is 0.670. The second-order valence-corrected chi connectivity index (χ2v) is 5.43. The molecule has 0 heterocycles. The fourth-order valence-corrected chi connectivity index (χ4v) is 2.16. The van der Waals surface area contributed by atoms with Crippen LogP contribution in [0, 0.1) is 25.2 Å². The molecular formula is C18H15ClN2O. The minimum absolute atomic E-state index is 0.0539. The van der Waals surface area contributed by atoms with Gasteiger partial charge in [-0.05, 0) is 49.2 Å². The van der Waals surface area contributed by atoms with Crippen LogP contribution in [0.15, 0.2) is 48.0 Å². The Labute approximate surface area is 134 Å². The van der Waals surface area contributed by atoms with Gasteiger partial charge in [-0.25, -0.2) is 0 Å². The largest absolute Gasteiger partial charge is 0.321 e. The standard InChI is InChI=1S/C18H15ClN2O/c1-12-3-5-14(6-4-12)10-15(11-20)18(22)21-17-8-7-16(19)9-13(17)2/h3-10H,1-2H3,(H,21,22)/b15-10+. The van der Waals surface area contributed by atoms with Gasteiger partial charge in [-0.15, -0.1) is 0 Å². The molecular weight excluding hydrogens is 296 g/mol. The molecule has 1 amide bonds. The molecule has 0 unspecified atom stereocenters. The molecule has 2 aromatic carbocycles. The van der Waals surface area contributed by atoms with Crippen molar-refractivity contribution in [3.05, 3.63) is 69.8 Å². The molecule has 0 aliphatic heterocycles. The molecule has 0 spiro atoms. The molecule has 0 saturated heterocycles. The molecule has 2 aromatic rings. The highest BCUT2D eigenvalue weighted by Gasteiger charge is 2.11. The van der Waals surface area contributed by atoms with Gasteiger partial charge in [0, 0.05) is 10.7 Å². The van der Waals surface area contributed by atoms with Gasteiger partial charge in [-0.2, -0.15) is 5.26 Å². The number of anilines is 1. The third-order valence-electron chi connectivity index (χ3n) is 3.19. The molecule has 0 aliphatic carbocycles. The smallest absolute Gasteiger partial charge is 0.266 e. The normalized spacial score (nSPS) is 10.9. The molecule has 0 atom stereocenters. The molecule has 1 N–H and O–H groups in total. The molecule has 0 aromatic heterocycles. The molecule has 110 valence electrons. The summed E-state index contributed by atoms with van der Waals surface area (Å²) >= 11 is 5.89. The summed E-state index contributed by atoms with van der Waals surface area (Å²) in [7, 11) is 0. The molecule has 0 bridgehead atoms. The summed E-state index contributed by atoms with van der Waals surface area (Å²) in [5.74, 6) is -0.437. The number of carbonyl (C=O) groups is 1. The van der Waals surface area contributed by atoms with Crippen molar-refractivity contribution in [1.82, 2.24) is 0 Å². The van der Waals surface area contributed by atoms with Crippen LogP contribution >= 0.6 is 11.6 Å². The Morgan fingerprint density at radius 3 is 2.45 bits per heavy atom. The Morgan fingerprint density at radius 2 is 1.86 bits per heavy atom. The summed E-state index contributed by atoms with van der Waals surface area (Å²) in [6, 6.07) is 14.7. The molecule has 0 fully saturated rings. The Morgan fingerprint density at radius 1 is 1.18 bits per heavy atom. The van der Waals surface area contributed by atoms with E-state index < -0.39 is 5.91 Å². The maximum absolute atomic E-state index is 12.2. The first-order valence-electron chi connectivity index (χ1n) is 6.75. The molecule has 0 saturated carbocycles. The third kappa shape index (κ3) is 3.97. The van der Waals surface area contributed by atoms with Crippen molar-refractivity contribution in [2.75, 3.05) is 5.32 Å². The van der Waals surface area contributed by atoms with Crippen molar-refractivity contribution in [1.29, 1.82) is 5.26 Å². The zero-order valence-electron chi connectivity index (χ0n) is 12.4. The van der Waals surface area contributed by atoms with Crippen molar-refractivity contribution in [2.45, 2.75) is 13.8 Å². The van der Waals surface area contributed by atoms with E-state index in [4.69, 9.17) is 11.6 Å². The van der Waals surface area contributed by atoms with Crippen molar-refractivity contribution in [3.63, 3.8) is 0 Å². The number of halogens is 1. The zero-order valence-corrected chi connectivity index (χ0v) is 13.1. The second kappa shape index (κ2) is 6.93. The van der Waals surface area contributed by atoms with Crippen molar-refractivity contribution >= 4 is 29.3 Å². The first-order chi connectivity index (χ1) is 10.5. The van der Waals surface area contributed by atoms with Crippen molar-refractivity contribution in [3.8, 4) is 6.07 Å². The van der Waals surface area contributed by atoms with Gasteiger partial charge < -0.3 is 5.32 Å². The number of aryl methyl sites for hydroxylation is 2. The van der Waals surface area contributed by atoms with E-state index >= 15 is 0 Å². The van der Waals surface area contributed by atoms with Crippen LogP contribution in [0.4, 0.5) is 5.69 Å². The minimum Gasteiger partial charge on any atom is -0.321 e. The van der Waals surface area contributed by atoms with Crippen LogP contribution in [0.1, 0.15) is 16.7 Å². The van der Waals surface area contributed by atoms with E-state index in [-0.39, 0.29) is 5.57 Å². The maximum Gasteiger partial charge on any atom is 0.266 e. The second-order valence-electron chi connectivity index (χ2n) is 4.99. The Bertz CT molecular complexity index is 771. The summed E-state index contributed by atoms with van der Waals surface area (Å²) in [5, 5.41) is 12.5. The fraction of sp³-hybridized carbons (Fsp3) is 0.111. The van der Waals surface area contributed by atoms with Crippen LogP contribution in [0.2, 0.25) is 5.02 Å². The van der Waals surface area contributed by atoms with Gasteiger partial charge in [-0.1, -0.05) is 41.4 Å². The number of hydrogen-bond acceptors (Lipinski definition) is 2. The highest BCUT2D eigenvalue weighted by molar-refractivity contribution is 6.30. The van der Waals surface area contributed by atoms with E-state index in [9.17, 15) is 10.1 Å². The lowest BCUT2D eigenvalue weighted by atomic mass is 10.1. The average Bonchev–Trinajstić information content (AvgIpc) is 2.49. The summed E-state index contributed by atoms with van der Waals surface area (Å²) in [6.07, 6.45) is 1.57. The molecule has 2 rings (SSSR count). The average molecular weight is 311 g/mol. The summed E-state index contributed by atoms with van der Waals surface area (Å²) < 4.78 is 0. The highest BCUT2D eigenvalue weighted by Crippen LogP contribution is 2.20. The van der Waals surface area contributed by atoms with Crippen molar-refractivity contribution in [2.24, 2.45) is 0 Å². The predicted molar refractivity (Wildman–Crippen MR) is 89.6 cm³/mol. The van der Waals surface area contributed by atoms with Crippen LogP contribution in [0.25, 0.3) is 6.08 Å². The van der Waals surface area contributed by atoms with Gasteiger partial charge in [0.25, 0.3) is 5.91 Å². The minimum atomic E-state index is -0.437. The summed E-state index contributed by atoms with van der Waals surface area (Å²) in [5.41, 5.74) is 3.47. The number of nitrogens with zero attached hydrogens (tertiary/aromatic N) is 1. The third-order valence-corrected chi connectivity index (χ3v) is 3.43. The van der Waals surface area contributed by atoms with Crippen LogP contribution in [0.5, 0.6) is 0 Å². The number of nitriles is 1. The van der Waals surface area contributed by atoms with E-state index in [0.717, 1.165) is 16.7 Å². The monoisotopic (exact) mass is 310 g/mol. The molecule has 4 heteroatoms. The lowest BCUT2D eigenvalue weighted by Gasteiger charge is -2.08. The number of amides is 1.